The summed E-state index contributed by atoms with van der Waals surface area (Å²) in [6, 6.07) is 4.57. The van der Waals surface area contributed by atoms with E-state index < -0.39 is 17.8 Å². The molecule has 112 valence electrons. The summed E-state index contributed by atoms with van der Waals surface area (Å²) in [7, 11) is 1.97. The lowest BCUT2D eigenvalue weighted by Gasteiger charge is -2.22. The minimum Gasteiger partial charge on any atom is -0.488 e. The average molecular weight is 289 g/mol. The molecule has 3 nitrogen and oxygen atoms in total. The highest BCUT2D eigenvalue weighted by molar-refractivity contribution is 5.29. The summed E-state index contributed by atoms with van der Waals surface area (Å²) in [6.07, 6.45) is -4.07. The molecule has 6 heteroatoms. The minimum absolute atomic E-state index is 0.353. The van der Waals surface area contributed by atoms with Gasteiger partial charge in [0.1, 0.15) is 11.9 Å². The summed E-state index contributed by atoms with van der Waals surface area (Å²) < 4.78 is 43.0. The molecule has 0 bridgehead atoms. The van der Waals surface area contributed by atoms with E-state index in [0.29, 0.717) is 18.6 Å². The van der Waals surface area contributed by atoms with Gasteiger partial charge in [-0.2, -0.15) is 13.2 Å². The van der Waals surface area contributed by atoms with Crippen LogP contribution in [0.1, 0.15) is 18.4 Å². The fourth-order valence-corrected chi connectivity index (χ4v) is 2.23. The number of hydrogen-bond acceptors (Lipinski definition) is 3. The monoisotopic (exact) mass is 289 g/mol. The van der Waals surface area contributed by atoms with Gasteiger partial charge < -0.3 is 14.7 Å². The van der Waals surface area contributed by atoms with Gasteiger partial charge in [0.15, 0.2) is 0 Å². The van der Waals surface area contributed by atoms with Crippen LogP contribution in [0.15, 0.2) is 24.3 Å². The van der Waals surface area contributed by atoms with Crippen molar-refractivity contribution in [1.29, 1.82) is 0 Å². The van der Waals surface area contributed by atoms with E-state index in [9.17, 15) is 18.3 Å². The second-order valence-corrected chi connectivity index (χ2v) is 5.13. The van der Waals surface area contributed by atoms with E-state index in [1.807, 2.05) is 7.05 Å². The maximum Gasteiger partial charge on any atom is 0.416 e. The van der Waals surface area contributed by atoms with Gasteiger partial charge in [0.2, 0.25) is 0 Å². The van der Waals surface area contributed by atoms with Crippen LogP contribution in [0.25, 0.3) is 0 Å². The topological polar surface area (TPSA) is 32.7 Å². The maximum atomic E-state index is 12.5. The Bertz CT molecular complexity index is 433. The lowest BCUT2D eigenvalue weighted by Crippen LogP contribution is -2.31. The van der Waals surface area contributed by atoms with Crippen LogP contribution in [0.5, 0.6) is 5.75 Å². The molecule has 0 saturated carbocycles. The molecule has 0 radical (unpaired) electrons. The lowest BCUT2D eigenvalue weighted by molar-refractivity contribution is -0.137. The number of nitrogens with zero attached hydrogens (tertiary/aromatic N) is 1. The first kappa shape index (κ1) is 15.1. The van der Waals surface area contributed by atoms with Crippen molar-refractivity contribution in [2.45, 2.75) is 31.2 Å². The molecule has 0 spiro atoms. The number of alkyl halides is 3. The van der Waals surface area contributed by atoms with E-state index in [-0.39, 0.29) is 6.10 Å². The van der Waals surface area contributed by atoms with E-state index in [0.717, 1.165) is 25.2 Å². The summed E-state index contributed by atoms with van der Waals surface area (Å²) in [4.78, 5) is 2.10. The quantitative estimate of drug-likeness (QED) is 0.908. The number of likely N-dealkylation sites (tertiary alicyclic amines) is 1. The third-order valence-electron chi connectivity index (χ3n) is 3.50. The van der Waals surface area contributed by atoms with Gasteiger partial charge in [-0.25, -0.2) is 0 Å². The van der Waals surface area contributed by atoms with Crippen molar-refractivity contribution >= 4 is 0 Å². The van der Waals surface area contributed by atoms with E-state index in [1.54, 1.807) is 0 Å². The van der Waals surface area contributed by atoms with E-state index >= 15 is 0 Å². The predicted molar refractivity (Wildman–Crippen MR) is 68.6 cm³/mol. The molecule has 0 aromatic heterocycles. The average Bonchev–Trinajstić information content (AvgIpc) is 2.54. The van der Waals surface area contributed by atoms with Crippen LogP contribution in [0, 0.1) is 0 Å². The fourth-order valence-electron chi connectivity index (χ4n) is 2.23. The largest absolute Gasteiger partial charge is 0.488 e. The predicted octanol–water partition coefficient (Wildman–Crippen LogP) is 2.54. The Morgan fingerprint density at radius 3 is 2.35 bits per heavy atom. The van der Waals surface area contributed by atoms with Crippen LogP contribution >= 0.6 is 0 Å². The highest BCUT2D eigenvalue weighted by atomic mass is 19.4. The first-order valence-corrected chi connectivity index (χ1v) is 6.57. The first-order chi connectivity index (χ1) is 9.36. The SMILES string of the molecule is CN1CC[C@H](Oc2ccc(C(F)(F)F)cc2)[C@@H](O)CC1. The molecule has 1 saturated heterocycles. The molecular weight excluding hydrogens is 271 g/mol. The highest BCUT2D eigenvalue weighted by Gasteiger charge is 2.30. The molecule has 0 amide bonds. The van der Waals surface area contributed by atoms with Crippen LogP contribution in [0.2, 0.25) is 0 Å². The molecule has 1 aromatic carbocycles. The Kier molecular flexibility index (Phi) is 4.55. The molecule has 0 aliphatic carbocycles. The van der Waals surface area contributed by atoms with Gasteiger partial charge in [0, 0.05) is 13.1 Å². The number of ether oxygens (including phenoxy) is 1. The first-order valence-electron chi connectivity index (χ1n) is 6.57. The molecule has 1 aromatic rings. The van der Waals surface area contributed by atoms with Gasteiger partial charge in [-0.05, 0) is 44.2 Å². The molecular formula is C14H18F3NO2. The molecule has 1 aliphatic rings. The van der Waals surface area contributed by atoms with Gasteiger partial charge in [0.05, 0.1) is 11.7 Å². The zero-order valence-corrected chi connectivity index (χ0v) is 11.2. The van der Waals surface area contributed by atoms with Crippen LogP contribution in [0.3, 0.4) is 0 Å². The van der Waals surface area contributed by atoms with Gasteiger partial charge in [-0.3, -0.25) is 0 Å². The smallest absolute Gasteiger partial charge is 0.416 e. The van der Waals surface area contributed by atoms with Crippen molar-refractivity contribution in [3.8, 4) is 5.75 Å². The Hall–Kier alpha value is -1.27. The normalized spacial score (nSPS) is 25.2. The van der Waals surface area contributed by atoms with Crippen molar-refractivity contribution in [2.24, 2.45) is 0 Å². The summed E-state index contributed by atoms with van der Waals surface area (Å²) in [5, 5.41) is 9.98. The van der Waals surface area contributed by atoms with Crippen molar-refractivity contribution < 1.29 is 23.0 Å². The lowest BCUT2D eigenvalue weighted by atomic mass is 10.1. The minimum atomic E-state index is -4.34. The third-order valence-corrected chi connectivity index (χ3v) is 3.50. The standard InChI is InChI=1S/C14H18F3NO2/c1-18-8-6-12(19)13(7-9-18)20-11-4-2-10(3-5-11)14(15,16)17/h2-5,12-13,19H,6-9H2,1H3/t12-,13-/m0/s1. The van der Waals surface area contributed by atoms with Crippen molar-refractivity contribution in [3.05, 3.63) is 29.8 Å². The third kappa shape index (κ3) is 3.86. The molecule has 0 unspecified atom stereocenters. The molecule has 2 atom stereocenters. The second-order valence-electron chi connectivity index (χ2n) is 5.13. The Labute approximate surface area is 116 Å². The van der Waals surface area contributed by atoms with Gasteiger partial charge in [0.25, 0.3) is 0 Å². The van der Waals surface area contributed by atoms with Crippen LogP contribution in [-0.4, -0.2) is 42.4 Å². The second kappa shape index (κ2) is 6.01. The molecule has 1 aliphatic heterocycles. The van der Waals surface area contributed by atoms with E-state index in [1.165, 1.54) is 12.1 Å². The zero-order chi connectivity index (χ0) is 14.8. The van der Waals surface area contributed by atoms with E-state index in [2.05, 4.69) is 4.90 Å². The molecule has 1 fully saturated rings. The fraction of sp³-hybridized carbons (Fsp3) is 0.571. The summed E-state index contributed by atoms with van der Waals surface area (Å²) in [6.45, 7) is 1.58. The van der Waals surface area contributed by atoms with Gasteiger partial charge in [-0.1, -0.05) is 0 Å². The van der Waals surface area contributed by atoms with Crippen molar-refractivity contribution in [1.82, 2.24) is 4.90 Å². The van der Waals surface area contributed by atoms with E-state index in [4.69, 9.17) is 4.74 Å². The Morgan fingerprint density at radius 1 is 1.15 bits per heavy atom. The van der Waals surface area contributed by atoms with Crippen molar-refractivity contribution in [3.63, 3.8) is 0 Å². The number of halogens is 3. The van der Waals surface area contributed by atoms with Crippen LogP contribution in [-0.2, 0) is 6.18 Å². The van der Waals surface area contributed by atoms with Gasteiger partial charge >= 0.3 is 6.18 Å². The molecule has 1 N–H and O–H groups in total. The Morgan fingerprint density at radius 2 is 1.75 bits per heavy atom. The van der Waals surface area contributed by atoms with Crippen molar-refractivity contribution in [2.75, 3.05) is 20.1 Å². The zero-order valence-electron chi connectivity index (χ0n) is 11.2. The summed E-state index contributed by atoms with van der Waals surface area (Å²) in [5.74, 6) is 0.353. The molecule has 1 heterocycles. The Balaban J connectivity index is 2.02. The maximum absolute atomic E-state index is 12.5. The van der Waals surface area contributed by atoms with Crippen LogP contribution in [0.4, 0.5) is 13.2 Å². The summed E-state index contributed by atoms with van der Waals surface area (Å²) >= 11 is 0. The number of aliphatic hydroxyl groups excluding tert-OH is 1. The number of aliphatic hydroxyl groups is 1. The summed E-state index contributed by atoms with van der Waals surface area (Å²) in [5.41, 5.74) is -0.703. The highest BCUT2D eigenvalue weighted by Crippen LogP contribution is 2.30. The molecule has 20 heavy (non-hydrogen) atoms. The van der Waals surface area contributed by atoms with Gasteiger partial charge in [-0.15, -0.1) is 0 Å². The molecule has 2 rings (SSSR count). The van der Waals surface area contributed by atoms with Crippen LogP contribution < -0.4 is 4.74 Å². The number of hydrogen-bond donors (Lipinski definition) is 1. The number of rotatable bonds is 2. The number of benzene rings is 1.